The van der Waals surface area contributed by atoms with Gasteiger partial charge in [0.05, 0.1) is 12.1 Å². The number of aldehydes is 1. The lowest BCUT2D eigenvalue weighted by atomic mass is 10.0. The van der Waals surface area contributed by atoms with E-state index in [2.05, 4.69) is 5.32 Å². The van der Waals surface area contributed by atoms with Crippen LogP contribution in [0.1, 0.15) is 6.92 Å². The summed E-state index contributed by atoms with van der Waals surface area (Å²) in [4.78, 5) is 10.1. The van der Waals surface area contributed by atoms with E-state index in [0.717, 1.165) is 0 Å². The molecule has 0 rings (SSSR count). The van der Waals surface area contributed by atoms with Crippen LogP contribution >= 0.6 is 0 Å². The van der Waals surface area contributed by atoms with Gasteiger partial charge >= 0.3 is 0 Å². The highest BCUT2D eigenvalue weighted by molar-refractivity contribution is 5.56. The van der Waals surface area contributed by atoms with Gasteiger partial charge in [-0.05, 0) is 14.0 Å². The number of carbonyl (C=O) groups excluding carboxylic acids is 1. The van der Waals surface area contributed by atoms with Crippen molar-refractivity contribution in [2.45, 2.75) is 31.3 Å². The zero-order valence-corrected chi connectivity index (χ0v) is 7.14. The Hall–Kier alpha value is -0.490. The van der Waals surface area contributed by atoms with Crippen molar-refractivity contribution < 1.29 is 20.1 Å². The van der Waals surface area contributed by atoms with Crippen LogP contribution in [0.25, 0.3) is 0 Å². The van der Waals surface area contributed by atoms with Crippen LogP contribution in [-0.2, 0) is 4.79 Å². The predicted octanol–water partition coefficient (Wildman–Crippen LogP) is -2.12. The highest BCUT2D eigenvalue weighted by Crippen LogP contribution is 2.02. The number of carbonyl (C=O) groups is 1. The Morgan fingerprint density at radius 2 is 1.83 bits per heavy atom. The summed E-state index contributed by atoms with van der Waals surface area (Å²) in [6.45, 7) is 1.46. The van der Waals surface area contributed by atoms with E-state index in [9.17, 15) is 9.90 Å². The minimum absolute atomic E-state index is 0.234. The summed E-state index contributed by atoms with van der Waals surface area (Å²) in [7, 11) is 1.53. The minimum Gasteiger partial charge on any atom is -0.392 e. The van der Waals surface area contributed by atoms with Crippen molar-refractivity contribution in [1.29, 1.82) is 0 Å². The molecule has 0 aromatic carbocycles. The number of aliphatic hydroxyl groups excluding tert-OH is 3. The van der Waals surface area contributed by atoms with Gasteiger partial charge in [0.1, 0.15) is 12.2 Å². The molecule has 0 aliphatic rings. The molecule has 0 radical (unpaired) electrons. The first-order chi connectivity index (χ1) is 5.54. The lowest BCUT2D eigenvalue weighted by Crippen LogP contribution is -2.51. The third-order valence-electron chi connectivity index (χ3n) is 1.71. The van der Waals surface area contributed by atoms with Crippen LogP contribution < -0.4 is 5.32 Å². The van der Waals surface area contributed by atoms with E-state index in [1.54, 1.807) is 0 Å². The third kappa shape index (κ3) is 2.86. The van der Waals surface area contributed by atoms with E-state index in [4.69, 9.17) is 10.2 Å². The molecule has 72 valence electrons. The van der Waals surface area contributed by atoms with Crippen LogP contribution in [0, 0.1) is 0 Å². The molecule has 5 nitrogen and oxygen atoms in total. The Labute approximate surface area is 71.0 Å². The van der Waals surface area contributed by atoms with E-state index >= 15 is 0 Å². The fraction of sp³-hybridized carbons (Fsp3) is 0.857. The molecule has 5 heteroatoms. The van der Waals surface area contributed by atoms with E-state index < -0.39 is 24.4 Å². The van der Waals surface area contributed by atoms with Crippen LogP contribution in [0.2, 0.25) is 0 Å². The van der Waals surface area contributed by atoms with Crippen LogP contribution in [0.15, 0.2) is 0 Å². The molecule has 0 aliphatic carbocycles. The highest BCUT2D eigenvalue weighted by atomic mass is 16.3. The summed E-state index contributed by atoms with van der Waals surface area (Å²) in [5, 5.41) is 29.8. The van der Waals surface area contributed by atoms with E-state index in [1.807, 2.05) is 0 Å². The molecule has 0 heterocycles. The summed E-state index contributed by atoms with van der Waals surface area (Å²) in [5.74, 6) is 0. The van der Waals surface area contributed by atoms with Gasteiger partial charge in [-0.3, -0.25) is 0 Å². The van der Waals surface area contributed by atoms with Crippen molar-refractivity contribution in [3.05, 3.63) is 0 Å². The number of aliphatic hydroxyl groups is 3. The van der Waals surface area contributed by atoms with Crippen LogP contribution in [0.3, 0.4) is 0 Å². The van der Waals surface area contributed by atoms with Gasteiger partial charge in [-0.2, -0.15) is 0 Å². The van der Waals surface area contributed by atoms with Crippen molar-refractivity contribution in [3.63, 3.8) is 0 Å². The van der Waals surface area contributed by atoms with Gasteiger partial charge in [-0.1, -0.05) is 0 Å². The molecule has 0 spiro atoms. The molecule has 0 saturated carbocycles. The quantitative estimate of drug-likeness (QED) is 0.360. The highest BCUT2D eigenvalue weighted by Gasteiger charge is 2.27. The Balaban J connectivity index is 4.19. The largest absolute Gasteiger partial charge is 0.392 e. The number of nitrogens with one attached hydrogen (secondary N) is 1. The summed E-state index contributed by atoms with van der Waals surface area (Å²) >= 11 is 0. The maximum atomic E-state index is 10.1. The molecule has 0 aliphatic heterocycles. The normalized spacial score (nSPS) is 21.1. The predicted molar refractivity (Wildman–Crippen MR) is 42.6 cm³/mol. The SMILES string of the molecule is CN[C@H]([C@@H](O)[C@@H](O)C=O)[C@@H](C)O. The van der Waals surface area contributed by atoms with E-state index in [-0.39, 0.29) is 6.29 Å². The first-order valence-corrected chi connectivity index (χ1v) is 3.71. The number of hydrogen-bond donors (Lipinski definition) is 4. The molecule has 0 unspecified atom stereocenters. The van der Waals surface area contributed by atoms with Gasteiger partial charge in [-0.15, -0.1) is 0 Å². The Kier molecular flexibility index (Phi) is 5.00. The molecule has 0 saturated heterocycles. The summed E-state index contributed by atoms with van der Waals surface area (Å²) in [5.41, 5.74) is 0. The van der Waals surface area contributed by atoms with E-state index in [0.29, 0.717) is 0 Å². The van der Waals surface area contributed by atoms with Crippen molar-refractivity contribution in [3.8, 4) is 0 Å². The second kappa shape index (κ2) is 5.21. The molecule has 0 aromatic heterocycles. The lowest BCUT2D eigenvalue weighted by Gasteiger charge is -2.25. The van der Waals surface area contributed by atoms with Gasteiger partial charge in [0.2, 0.25) is 0 Å². The van der Waals surface area contributed by atoms with Crippen LogP contribution in [0.5, 0.6) is 0 Å². The Bertz CT molecular complexity index is 139. The fourth-order valence-corrected chi connectivity index (χ4v) is 0.990. The zero-order chi connectivity index (χ0) is 9.72. The van der Waals surface area contributed by atoms with Crippen LogP contribution in [-0.4, -0.2) is 53.0 Å². The number of hydrogen-bond acceptors (Lipinski definition) is 5. The third-order valence-corrected chi connectivity index (χ3v) is 1.71. The fourth-order valence-electron chi connectivity index (χ4n) is 0.990. The second-order valence-electron chi connectivity index (χ2n) is 2.67. The first-order valence-electron chi connectivity index (χ1n) is 3.71. The minimum atomic E-state index is -1.46. The van der Waals surface area contributed by atoms with Crippen molar-refractivity contribution in [2.24, 2.45) is 0 Å². The monoisotopic (exact) mass is 177 g/mol. The summed E-state index contributed by atoms with van der Waals surface area (Å²) < 4.78 is 0. The Morgan fingerprint density at radius 1 is 1.33 bits per heavy atom. The van der Waals surface area contributed by atoms with Gasteiger partial charge in [0.15, 0.2) is 6.29 Å². The van der Waals surface area contributed by atoms with Gasteiger partial charge in [0, 0.05) is 0 Å². The standard InChI is InChI=1S/C7H15NO4/c1-4(10)6(8-2)7(12)5(11)3-9/h3-8,10-12H,1-2H3/t4-,5+,6+,7+/m1/s1. The van der Waals surface area contributed by atoms with Crippen molar-refractivity contribution in [1.82, 2.24) is 5.32 Å². The summed E-state index contributed by atoms with van der Waals surface area (Å²) in [6.07, 6.45) is -3.35. The molecule has 0 fully saturated rings. The summed E-state index contributed by atoms with van der Waals surface area (Å²) in [6, 6.07) is -0.704. The first kappa shape index (κ1) is 11.5. The maximum Gasteiger partial charge on any atom is 0.151 e. The number of likely N-dealkylation sites (N-methyl/N-ethyl adjacent to an activating group) is 1. The number of rotatable bonds is 5. The molecule has 0 aromatic rings. The average molecular weight is 177 g/mol. The van der Waals surface area contributed by atoms with Gasteiger partial charge < -0.3 is 25.4 Å². The molecule has 4 N–H and O–H groups in total. The van der Waals surface area contributed by atoms with E-state index in [1.165, 1.54) is 14.0 Å². The molecule has 12 heavy (non-hydrogen) atoms. The Morgan fingerprint density at radius 3 is 2.08 bits per heavy atom. The molecule has 4 atom stereocenters. The maximum absolute atomic E-state index is 10.1. The topological polar surface area (TPSA) is 89.8 Å². The zero-order valence-electron chi connectivity index (χ0n) is 7.14. The molecular formula is C7H15NO4. The second-order valence-corrected chi connectivity index (χ2v) is 2.67. The molecule has 0 bridgehead atoms. The smallest absolute Gasteiger partial charge is 0.151 e. The molecule has 0 amide bonds. The van der Waals surface area contributed by atoms with Gasteiger partial charge in [0.25, 0.3) is 0 Å². The van der Waals surface area contributed by atoms with Gasteiger partial charge in [-0.25, -0.2) is 0 Å². The molecular weight excluding hydrogens is 162 g/mol. The average Bonchev–Trinajstić information content (AvgIpc) is 2.03. The lowest BCUT2D eigenvalue weighted by molar-refractivity contribution is -0.122. The van der Waals surface area contributed by atoms with Crippen molar-refractivity contribution in [2.75, 3.05) is 7.05 Å². The van der Waals surface area contributed by atoms with Crippen LogP contribution in [0.4, 0.5) is 0 Å². The van der Waals surface area contributed by atoms with Crippen molar-refractivity contribution >= 4 is 6.29 Å².